The van der Waals surface area contributed by atoms with E-state index in [1.165, 1.54) is 0 Å². The quantitative estimate of drug-likeness (QED) is 0.748. The summed E-state index contributed by atoms with van der Waals surface area (Å²) in [5.74, 6) is -0.441. The molecule has 2 aliphatic rings. The highest BCUT2D eigenvalue weighted by molar-refractivity contribution is 9.10. The Morgan fingerprint density at radius 2 is 2.24 bits per heavy atom. The van der Waals surface area contributed by atoms with Gasteiger partial charge in [-0.3, -0.25) is 9.59 Å². The zero-order chi connectivity index (χ0) is 18.2. The van der Waals surface area contributed by atoms with E-state index >= 15 is 0 Å². The fraction of sp³-hybridized carbons (Fsp3) is 0.471. The highest BCUT2D eigenvalue weighted by atomic mass is 79.9. The van der Waals surface area contributed by atoms with Crippen LogP contribution in [-0.4, -0.2) is 46.0 Å². The van der Waals surface area contributed by atoms with Gasteiger partial charge in [-0.25, -0.2) is 4.79 Å². The second kappa shape index (κ2) is 6.99. The molecule has 1 aromatic rings. The van der Waals surface area contributed by atoms with Gasteiger partial charge in [-0.2, -0.15) is 0 Å². The number of benzene rings is 1. The summed E-state index contributed by atoms with van der Waals surface area (Å²) in [6.07, 6.45) is 1.19. The van der Waals surface area contributed by atoms with Crippen molar-refractivity contribution in [1.29, 1.82) is 0 Å². The average Bonchev–Trinajstić information content (AvgIpc) is 3.05. The summed E-state index contributed by atoms with van der Waals surface area (Å²) in [7, 11) is 0. The third-order valence-corrected chi connectivity index (χ3v) is 6.90. The summed E-state index contributed by atoms with van der Waals surface area (Å²) >= 11 is 4.99. The van der Waals surface area contributed by atoms with Crippen LogP contribution in [0.15, 0.2) is 22.7 Å². The van der Waals surface area contributed by atoms with Crippen LogP contribution in [-0.2, 0) is 19.1 Å². The number of halogens is 1. The average molecular weight is 427 g/mol. The van der Waals surface area contributed by atoms with E-state index in [-0.39, 0.29) is 17.4 Å². The van der Waals surface area contributed by atoms with Crippen molar-refractivity contribution in [2.24, 2.45) is 0 Å². The van der Waals surface area contributed by atoms with Crippen molar-refractivity contribution in [2.45, 2.75) is 37.6 Å². The second-order valence-electron chi connectivity index (χ2n) is 6.39. The predicted molar refractivity (Wildman–Crippen MR) is 99.2 cm³/mol. The molecule has 0 aliphatic carbocycles. The number of carbonyl (C=O) groups excluding carboxylic acids is 3. The van der Waals surface area contributed by atoms with Gasteiger partial charge in [0.2, 0.25) is 5.91 Å². The number of nitrogens with one attached hydrogen (secondary N) is 1. The molecular weight excluding hydrogens is 408 g/mol. The van der Waals surface area contributed by atoms with Crippen molar-refractivity contribution in [3.63, 3.8) is 0 Å². The Morgan fingerprint density at radius 3 is 2.96 bits per heavy atom. The maximum absolute atomic E-state index is 12.3. The summed E-state index contributed by atoms with van der Waals surface area (Å²) in [5, 5.41) is 2.70. The molecule has 2 heterocycles. The number of carbonyl (C=O) groups is 3. The molecule has 2 aliphatic heterocycles. The molecule has 2 saturated heterocycles. The molecule has 2 amide bonds. The SMILES string of the molecule is Cc1cc(NC(=O)COC(=O)[C@H]2CS[C@]3(C)CCC(=O)N23)ccc1Br. The molecule has 1 aromatic carbocycles. The smallest absolute Gasteiger partial charge is 0.330 e. The molecule has 0 aromatic heterocycles. The first kappa shape index (κ1) is 18.3. The molecule has 0 spiro atoms. The van der Waals surface area contributed by atoms with Gasteiger partial charge in [0.25, 0.3) is 5.91 Å². The Morgan fingerprint density at radius 1 is 1.48 bits per heavy atom. The van der Waals surface area contributed by atoms with Crippen molar-refractivity contribution in [2.75, 3.05) is 17.7 Å². The number of hydrogen-bond acceptors (Lipinski definition) is 5. The van der Waals surface area contributed by atoms with Crippen molar-refractivity contribution in [3.8, 4) is 0 Å². The van der Waals surface area contributed by atoms with E-state index in [0.29, 0.717) is 17.9 Å². The normalized spacial score (nSPS) is 25.0. The summed E-state index contributed by atoms with van der Waals surface area (Å²) < 4.78 is 6.10. The van der Waals surface area contributed by atoms with E-state index in [2.05, 4.69) is 21.2 Å². The van der Waals surface area contributed by atoms with Gasteiger partial charge in [0.05, 0.1) is 4.87 Å². The predicted octanol–water partition coefficient (Wildman–Crippen LogP) is 2.69. The molecule has 0 unspecified atom stereocenters. The van der Waals surface area contributed by atoms with E-state index in [1.807, 2.05) is 26.0 Å². The molecular formula is C17H19BrN2O4S. The molecule has 0 radical (unpaired) electrons. The molecule has 8 heteroatoms. The maximum Gasteiger partial charge on any atom is 0.330 e. The van der Waals surface area contributed by atoms with Gasteiger partial charge in [0, 0.05) is 22.3 Å². The number of ether oxygens (including phenoxy) is 1. The molecule has 0 saturated carbocycles. The summed E-state index contributed by atoms with van der Waals surface area (Å²) in [6, 6.07) is 4.82. The summed E-state index contributed by atoms with van der Waals surface area (Å²) in [6.45, 7) is 3.52. The lowest BCUT2D eigenvalue weighted by atomic mass is 10.2. The fourth-order valence-corrected chi connectivity index (χ4v) is 4.81. The van der Waals surface area contributed by atoms with Crippen molar-refractivity contribution >= 4 is 51.2 Å². The zero-order valence-electron chi connectivity index (χ0n) is 14.0. The second-order valence-corrected chi connectivity index (χ2v) is 8.74. The van der Waals surface area contributed by atoms with Gasteiger partial charge in [-0.05, 0) is 44.0 Å². The van der Waals surface area contributed by atoms with Crippen LogP contribution in [0.1, 0.15) is 25.3 Å². The molecule has 2 fully saturated rings. The Balaban J connectivity index is 1.54. The van der Waals surface area contributed by atoms with E-state index in [1.54, 1.807) is 22.7 Å². The fourth-order valence-electron chi connectivity index (χ4n) is 3.15. The van der Waals surface area contributed by atoms with Crippen molar-refractivity contribution < 1.29 is 19.1 Å². The molecule has 3 rings (SSSR count). The van der Waals surface area contributed by atoms with Crippen LogP contribution >= 0.6 is 27.7 Å². The number of rotatable bonds is 4. The van der Waals surface area contributed by atoms with Crippen LogP contribution in [0.2, 0.25) is 0 Å². The topological polar surface area (TPSA) is 75.7 Å². The number of anilines is 1. The Hall–Kier alpha value is -1.54. The highest BCUT2D eigenvalue weighted by Gasteiger charge is 2.53. The number of amides is 2. The van der Waals surface area contributed by atoms with E-state index in [0.717, 1.165) is 16.5 Å². The molecule has 0 bridgehead atoms. The summed E-state index contributed by atoms with van der Waals surface area (Å²) in [4.78, 5) is 37.6. The highest BCUT2D eigenvalue weighted by Crippen LogP contribution is 2.47. The number of esters is 1. The number of hydrogen-bond donors (Lipinski definition) is 1. The molecule has 6 nitrogen and oxygen atoms in total. The van der Waals surface area contributed by atoms with Gasteiger partial charge in [-0.1, -0.05) is 15.9 Å². The van der Waals surface area contributed by atoms with Gasteiger partial charge >= 0.3 is 5.97 Å². The maximum atomic E-state index is 12.3. The van der Waals surface area contributed by atoms with E-state index in [9.17, 15) is 14.4 Å². The van der Waals surface area contributed by atoms with Gasteiger partial charge in [0.15, 0.2) is 6.61 Å². The lowest BCUT2D eigenvalue weighted by Crippen LogP contribution is -2.47. The van der Waals surface area contributed by atoms with Gasteiger partial charge in [-0.15, -0.1) is 11.8 Å². The van der Waals surface area contributed by atoms with Crippen LogP contribution in [0.25, 0.3) is 0 Å². The van der Waals surface area contributed by atoms with Crippen LogP contribution < -0.4 is 5.32 Å². The van der Waals surface area contributed by atoms with E-state index < -0.39 is 17.9 Å². The Bertz CT molecular complexity index is 741. The third-order valence-electron chi connectivity index (χ3n) is 4.50. The first-order chi connectivity index (χ1) is 11.8. The number of nitrogens with zero attached hydrogens (tertiary/aromatic N) is 1. The standard InChI is InChI=1S/C17H19BrN2O4S/c1-10-7-11(3-4-12(10)18)19-14(21)8-24-16(23)13-9-25-17(2)6-5-15(22)20(13)17/h3-4,7,13H,5-6,8-9H2,1-2H3,(H,19,21)/t13-,17-/m1/s1. The van der Waals surface area contributed by atoms with Crippen molar-refractivity contribution in [3.05, 3.63) is 28.2 Å². The minimum Gasteiger partial charge on any atom is -0.454 e. The Labute approximate surface area is 158 Å². The lowest BCUT2D eigenvalue weighted by Gasteiger charge is -2.29. The molecule has 1 N–H and O–H groups in total. The zero-order valence-corrected chi connectivity index (χ0v) is 16.4. The first-order valence-corrected chi connectivity index (χ1v) is 9.77. The minimum atomic E-state index is -0.604. The largest absolute Gasteiger partial charge is 0.454 e. The monoisotopic (exact) mass is 426 g/mol. The Kier molecular flexibility index (Phi) is 5.11. The van der Waals surface area contributed by atoms with E-state index in [4.69, 9.17) is 4.74 Å². The van der Waals surface area contributed by atoms with Crippen LogP contribution in [0, 0.1) is 6.92 Å². The van der Waals surface area contributed by atoms with Crippen LogP contribution in [0.5, 0.6) is 0 Å². The lowest BCUT2D eigenvalue weighted by molar-refractivity contribution is -0.155. The molecule has 25 heavy (non-hydrogen) atoms. The van der Waals surface area contributed by atoms with Crippen LogP contribution in [0.3, 0.4) is 0 Å². The van der Waals surface area contributed by atoms with Gasteiger partial charge < -0.3 is 15.0 Å². The first-order valence-electron chi connectivity index (χ1n) is 7.99. The minimum absolute atomic E-state index is 0.0239. The molecule has 2 atom stereocenters. The number of aryl methyl sites for hydroxylation is 1. The number of fused-ring (bicyclic) bond motifs is 1. The third kappa shape index (κ3) is 3.69. The molecule has 134 valence electrons. The summed E-state index contributed by atoms with van der Waals surface area (Å²) in [5.41, 5.74) is 1.63. The van der Waals surface area contributed by atoms with Crippen molar-refractivity contribution in [1.82, 2.24) is 4.90 Å². The number of thioether (sulfide) groups is 1. The van der Waals surface area contributed by atoms with Crippen LogP contribution in [0.4, 0.5) is 5.69 Å². The van der Waals surface area contributed by atoms with Gasteiger partial charge in [0.1, 0.15) is 6.04 Å².